The zero-order chi connectivity index (χ0) is 20.9. The van der Waals surface area contributed by atoms with Crippen molar-refractivity contribution in [2.45, 2.75) is 51.7 Å². The molecule has 5 nitrogen and oxygen atoms in total. The van der Waals surface area contributed by atoms with E-state index in [1.165, 1.54) is 6.92 Å². The number of hydrogen-bond acceptors (Lipinski definition) is 4. The van der Waals surface area contributed by atoms with E-state index in [1.54, 1.807) is 0 Å². The fourth-order valence-corrected chi connectivity index (χ4v) is 6.33. The molecule has 29 heavy (non-hydrogen) atoms. The van der Waals surface area contributed by atoms with E-state index in [9.17, 15) is 9.36 Å². The minimum Gasteiger partial charge on any atom is -0.332 e. The van der Waals surface area contributed by atoms with Gasteiger partial charge < -0.3 is 14.4 Å². The Balaban J connectivity index is 2.23. The van der Waals surface area contributed by atoms with Gasteiger partial charge in [0, 0.05) is 18.1 Å². The molecule has 0 radical (unpaired) electrons. The second-order valence-electron chi connectivity index (χ2n) is 7.35. The molecular weight excluding hydrogens is 385 g/mol. The standard InChI is InChI=1S/C23H30NO4P/c1-4-6-16-27-29(26,28-17-7-5-2)23(24-18(3)25)21-14-10-8-12-19(21)20-13-9-11-15-22(20)23/h8-15H,4-7,16-17H2,1-3H3,(H,24,25). The molecule has 1 amide bonds. The van der Waals surface area contributed by atoms with Crippen LogP contribution in [0.2, 0.25) is 0 Å². The summed E-state index contributed by atoms with van der Waals surface area (Å²) in [5.41, 5.74) is 3.39. The Kier molecular flexibility index (Phi) is 6.94. The summed E-state index contributed by atoms with van der Waals surface area (Å²) in [4.78, 5) is 12.4. The van der Waals surface area contributed by atoms with Crippen molar-refractivity contribution in [3.05, 3.63) is 59.7 Å². The van der Waals surface area contributed by atoms with Gasteiger partial charge in [-0.25, -0.2) is 0 Å². The molecule has 0 aliphatic heterocycles. The lowest BCUT2D eigenvalue weighted by Gasteiger charge is -2.38. The first-order chi connectivity index (χ1) is 14.0. The van der Waals surface area contributed by atoms with E-state index in [0.717, 1.165) is 47.9 Å². The number of fused-ring (bicyclic) bond motifs is 3. The molecular formula is C23H30NO4P. The van der Waals surface area contributed by atoms with Crippen molar-refractivity contribution < 1.29 is 18.4 Å². The topological polar surface area (TPSA) is 64.6 Å². The van der Waals surface area contributed by atoms with Gasteiger partial charge in [0.25, 0.3) is 0 Å². The summed E-state index contributed by atoms with van der Waals surface area (Å²) in [6.45, 7) is 6.16. The molecule has 2 aromatic carbocycles. The van der Waals surface area contributed by atoms with E-state index in [1.807, 2.05) is 48.5 Å². The van der Waals surface area contributed by atoms with Crippen molar-refractivity contribution in [2.24, 2.45) is 0 Å². The van der Waals surface area contributed by atoms with Gasteiger partial charge in [-0.05, 0) is 24.0 Å². The van der Waals surface area contributed by atoms with Crippen molar-refractivity contribution in [1.82, 2.24) is 5.32 Å². The Morgan fingerprint density at radius 3 is 1.76 bits per heavy atom. The Labute approximate surface area is 173 Å². The van der Waals surface area contributed by atoms with Crippen molar-refractivity contribution in [3.8, 4) is 11.1 Å². The van der Waals surface area contributed by atoms with Gasteiger partial charge >= 0.3 is 7.60 Å². The summed E-state index contributed by atoms with van der Waals surface area (Å²) in [5, 5.41) is 1.66. The van der Waals surface area contributed by atoms with Crippen LogP contribution in [-0.4, -0.2) is 19.1 Å². The zero-order valence-corrected chi connectivity index (χ0v) is 18.3. The third-order valence-electron chi connectivity index (χ3n) is 5.21. The molecule has 0 atom stereocenters. The van der Waals surface area contributed by atoms with Crippen molar-refractivity contribution in [3.63, 3.8) is 0 Å². The molecule has 1 N–H and O–H groups in total. The molecule has 1 aliphatic rings. The maximum atomic E-state index is 14.5. The number of unbranched alkanes of at least 4 members (excludes halogenated alkanes) is 2. The monoisotopic (exact) mass is 415 g/mol. The molecule has 0 aromatic heterocycles. The molecule has 1 aliphatic carbocycles. The average Bonchev–Trinajstić information content (AvgIpc) is 3.00. The predicted octanol–water partition coefficient (Wildman–Crippen LogP) is 5.83. The first-order valence-electron chi connectivity index (χ1n) is 10.4. The number of hydrogen-bond donors (Lipinski definition) is 1. The van der Waals surface area contributed by atoms with E-state index in [-0.39, 0.29) is 5.91 Å². The van der Waals surface area contributed by atoms with Crippen LogP contribution in [0.4, 0.5) is 0 Å². The first kappa shape index (κ1) is 21.8. The first-order valence-corrected chi connectivity index (χ1v) is 11.9. The molecule has 0 heterocycles. The quantitative estimate of drug-likeness (QED) is 0.392. The van der Waals surface area contributed by atoms with Gasteiger partial charge in [0.05, 0.1) is 13.2 Å². The van der Waals surface area contributed by atoms with Crippen LogP contribution in [0.25, 0.3) is 11.1 Å². The summed E-state index contributed by atoms with van der Waals surface area (Å²) in [5.74, 6) is -0.282. The van der Waals surface area contributed by atoms with Gasteiger partial charge in [-0.3, -0.25) is 9.36 Å². The lowest BCUT2D eigenvalue weighted by Crippen LogP contribution is -2.45. The van der Waals surface area contributed by atoms with Gasteiger partial charge in [0.1, 0.15) is 0 Å². The Morgan fingerprint density at radius 1 is 0.897 bits per heavy atom. The van der Waals surface area contributed by atoms with E-state index < -0.39 is 12.9 Å². The molecule has 0 saturated carbocycles. The van der Waals surface area contributed by atoms with Crippen LogP contribution >= 0.6 is 7.60 Å². The highest BCUT2D eigenvalue weighted by atomic mass is 31.2. The number of amides is 1. The van der Waals surface area contributed by atoms with Gasteiger partial charge in [-0.15, -0.1) is 0 Å². The third-order valence-corrected chi connectivity index (χ3v) is 7.67. The number of rotatable bonds is 10. The Hall–Kier alpha value is -1.94. The van der Waals surface area contributed by atoms with E-state index >= 15 is 0 Å². The fraction of sp³-hybridized carbons (Fsp3) is 0.435. The van der Waals surface area contributed by atoms with Crippen LogP contribution < -0.4 is 5.32 Å². The molecule has 2 aromatic rings. The highest BCUT2D eigenvalue weighted by Crippen LogP contribution is 2.71. The average molecular weight is 415 g/mol. The predicted molar refractivity (Wildman–Crippen MR) is 116 cm³/mol. The van der Waals surface area contributed by atoms with Crippen LogP contribution in [-0.2, 0) is 23.7 Å². The number of carbonyl (C=O) groups excluding carboxylic acids is 1. The minimum absolute atomic E-state index is 0.282. The number of carbonyl (C=O) groups is 1. The van der Waals surface area contributed by atoms with Crippen LogP contribution in [0.15, 0.2) is 48.5 Å². The highest BCUT2D eigenvalue weighted by molar-refractivity contribution is 7.55. The fourth-order valence-electron chi connectivity index (χ4n) is 3.85. The highest BCUT2D eigenvalue weighted by Gasteiger charge is 2.59. The molecule has 0 unspecified atom stereocenters. The lowest BCUT2D eigenvalue weighted by molar-refractivity contribution is -0.120. The smallest absolute Gasteiger partial charge is 0.332 e. The minimum atomic E-state index is -3.81. The maximum Gasteiger partial charge on any atom is 0.365 e. The number of benzene rings is 2. The van der Waals surface area contributed by atoms with Crippen LogP contribution in [0, 0.1) is 0 Å². The van der Waals surface area contributed by atoms with Gasteiger partial charge in [0.2, 0.25) is 5.91 Å². The van der Waals surface area contributed by atoms with Crippen LogP contribution in [0.3, 0.4) is 0 Å². The summed E-state index contributed by atoms with van der Waals surface area (Å²) in [6, 6.07) is 15.5. The Morgan fingerprint density at radius 2 is 1.34 bits per heavy atom. The largest absolute Gasteiger partial charge is 0.365 e. The molecule has 156 valence electrons. The SMILES string of the molecule is CCCCOP(=O)(OCCCC)C1(NC(C)=O)c2ccccc2-c2ccccc21. The van der Waals surface area contributed by atoms with Crippen molar-refractivity contribution >= 4 is 13.5 Å². The summed E-state index contributed by atoms with van der Waals surface area (Å²) in [7, 11) is -3.81. The van der Waals surface area contributed by atoms with Crippen molar-refractivity contribution in [1.29, 1.82) is 0 Å². The second-order valence-corrected chi connectivity index (χ2v) is 9.54. The molecule has 3 rings (SSSR count). The zero-order valence-electron chi connectivity index (χ0n) is 17.4. The maximum absolute atomic E-state index is 14.5. The van der Waals surface area contributed by atoms with Gasteiger partial charge in [-0.2, -0.15) is 0 Å². The Bertz CT molecular complexity index is 852. The number of nitrogens with one attached hydrogen (secondary N) is 1. The second kappa shape index (κ2) is 9.25. The summed E-state index contributed by atoms with van der Waals surface area (Å²) < 4.78 is 26.6. The molecule has 0 fully saturated rings. The lowest BCUT2D eigenvalue weighted by atomic mass is 10.0. The van der Waals surface area contributed by atoms with Crippen LogP contribution in [0.1, 0.15) is 57.6 Å². The molecule has 0 spiro atoms. The molecule has 6 heteroatoms. The molecule has 0 bridgehead atoms. The summed E-state index contributed by atoms with van der Waals surface area (Å²) in [6.07, 6.45) is 3.35. The van der Waals surface area contributed by atoms with E-state index in [0.29, 0.717) is 13.2 Å². The van der Waals surface area contributed by atoms with Crippen molar-refractivity contribution in [2.75, 3.05) is 13.2 Å². The summed E-state index contributed by atoms with van der Waals surface area (Å²) >= 11 is 0. The van der Waals surface area contributed by atoms with Gasteiger partial charge in [0.15, 0.2) is 5.28 Å². The van der Waals surface area contributed by atoms with Gasteiger partial charge in [-0.1, -0.05) is 75.2 Å². The molecule has 0 saturated heterocycles. The normalized spacial score (nSPS) is 14.3. The third kappa shape index (κ3) is 3.92. The van der Waals surface area contributed by atoms with Crippen LogP contribution in [0.5, 0.6) is 0 Å². The van der Waals surface area contributed by atoms with E-state index in [4.69, 9.17) is 9.05 Å². The van der Waals surface area contributed by atoms with E-state index in [2.05, 4.69) is 19.2 Å².